The molecule has 1 spiro atoms. The standard InChI is InChI=1S/C35H37F3N4O3/c1-44-27-10-8-24(9-11-27)22-42-32-29(34(33(42)43)15-5-16-34)20-25(30(12-17-39)40-26-6-3-2-4-7-26)21-31(32)45-28-13-18-41(19-14-28)23-35(36,37)38/h2-4,6-12,17,20-21,28,39-40H,5,13-16,18-19,22-23H2,1H3/b30-12-,39-17?. The first-order valence-corrected chi connectivity index (χ1v) is 15.3. The monoisotopic (exact) mass is 618 g/mol. The Morgan fingerprint density at radius 1 is 1.07 bits per heavy atom. The molecule has 1 aliphatic carbocycles. The van der Waals surface area contributed by atoms with Crippen LogP contribution < -0.4 is 19.7 Å². The van der Waals surface area contributed by atoms with Gasteiger partial charge in [-0.1, -0.05) is 36.8 Å². The second kappa shape index (κ2) is 12.6. The number of ether oxygens (including phenoxy) is 2. The van der Waals surface area contributed by atoms with Gasteiger partial charge in [0.2, 0.25) is 5.91 Å². The van der Waals surface area contributed by atoms with Crippen molar-refractivity contribution >= 4 is 29.2 Å². The minimum atomic E-state index is -4.24. The third-order valence-electron chi connectivity index (χ3n) is 9.07. The molecular formula is C35H37F3N4O3. The van der Waals surface area contributed by atoms with Crippen molar-refractivity contribution < 1.29 is 27.4 Å². The Hall–Kier alpha value is -4.31. The van der Waals surface area contributed by atoms with E-state index in [1.54, 1.807) is 13.2 Å². The molecule has 3 aromatic rings. The maximum Gasteiger partial charge on any atom is 0.401 e. The Morgan fingerprint density at radius 2 is 1.78 bits per heavy atom. The van der Waals surface area contributed by atoms with Gasteiger partial charge in [-0.25, -0.2) is 0 Å². The van der Waals surface area contributed by atoms with Crippen molar-refractivity contribution in [2.75, 3.05) is 37.0 Å². The average molecular weight is 619 g/mol. The van der Waals surface area contributed by atoms with Crippen LogP contribution in [0.1, 0.15) is 48.8 Å². The van der Waals surface area contributed by atoms with Crippen LogP contribution in [0.3, 0.4) is 0 Å². The van der Waals surface area contributed by atoms with Gasteiger partial charge in [0.05, 0.1) is 31.3 Å². The Bertz CT molecular complexity index is 1560. The molecule has 0 atom stereocenters. The number of piperidine rings is 1. The minimum absolute atomic E-state index is 0.0372. The van der Waals surface area contributed by atoms with Crippen LogP contribution in [0.2, 0.25) is 0 Å². The number of likely N-dealkylation sites (tertiary alicyclic amines) is 1. The molecule has 2 fully saturated rings. The molecule has 0 unspecified atom stereocenters. The van der Waals surface area contributed by atoms with Crippen molar-refractivity contribution in [2.24, 2.45) is 0 Å². The fourth-order valence-electron chi connectivity index (χ4n) is 6.64. The van der Waals surface area contributed by atoms with Gasteiger partial charge >= 0.3 is 6.18 Å². The average Bonchev–Trinajstić information content (AvgIpc) is 3.26. The number of alkyl halides is 3. The Morgan fingerprint density at radius 3 is 2.38 bits per heavy atom. The van der Waals surface area contributed by atoms with Gasteiger partial charge in [-0.3, -0.25) is 9.69 Å². The molecule has 0 radical (unpaired) electrons. The van der Waals surface area contributed by atoms with Crippen molar-refractivity contribution in [1.82, 2.24) is 4.90 Å². The van der Waals surface area contributed by atoms with Gasteiger partial charge in [-0.2, -0.15) is 13.2 Å². The van der Waals surface area contributed by atoms with Gasteiger partial charge in [0.1, 0.15) is 17.6 Å². The molecule has 2 N–H and O–H groups in total. The molecule has 1 saturated carbocycles. The van der Waals surface area contributed by atoms with Crippen LogP contribution in [-0.4, -0.2) is 56.0 Å². The first-order chi connectivity index (χ1) is 21.7. The van der Waals surface area contributed by atoms with Gasteiger partial charge in [0, 0.05) is 36.3 Å². The summed E-state index contributed by atoms with van der Waals surface area (Å²) in [6.45, 7) is -0.0268. The Kier molecular flexibility index (Phi) is 8.59. The van der Waals surface area contributed by atoms with E-state index in [-0.39, 0.29) is 25.1 Å². The number of fused-ring (bicyclic) bond motifs is 2. The second-order valence-corrected chi connectivity index (χ2v) is 12.0. The van der Waals surface area contributed by atoms with E-state index in [4.69, 9.17) is 14.9 Å². The van der Waals surface area contributed by atoms with Crippen LogP contribution in [-0.2, 0) is 16.8 Å². The second-order valence-electron chi connectivity index (χ2n) is 12.0. The zero-order valence-corrected chi connectivity index (χ0v) is 25.2. The molecule has 45 heavy (non-hydrogen) atoms. The van der Waals surface area contributed by atoms with E-state index in [9.17, 15) is 18.0 Å². The highest BCUT2D eigenvalue weighted by Gasteiger charge is 2.55. The summed E-state index contributed by atoms with van der Waals surface area (Å²) in [5.74, 6) is 1.30. The van der Waals surface area contributed by atoms with Gasteiger partial charge in [0.25, 0.3) is 0 Å². The number of carbonyl (C=O) groups excluding carboxylic acids is 1. The van der Waals surface area contributed by atoms with Crippen LogP contribution in [0.15, 0.2) is 72.8 Å². The summed E-state index contributed by atoms with van der Waals surface area (Å²) in [7, 11) is 1.61. The number of allylic oxidation sites excluding steroid dienone is 1. The summed E-state index contributed by atoms with van der Waals surface area (Å²) in [5.41, 5.74) is 4.22. The number of anilines is 2. The maximum atomic E-state index is 14.3. The maximum absolute atomic E-state index is 14.3. The van der Waals surface area contributed by atoms with E-state index < -0.39 is 18.1 Å². The van der Waals surface area contributed by atoms with Crippen molar-refractivity contribution in [2.45, 2.75) is 56.3 Å². The lowest BCUT2D eigenvalue weighted by molar-refractivity contribution is -0.149. The van der Waals surface area contributed by atoms with E-state index >= 15 is 0 Å². The molecule has 1 amide bonds. The molecule has 3 aromatic carbocycles. The zero-order valence-electron chi connectivity index (χ0n) is 25.2. The SMILES string of the molecule is COc1ccc(CN2C(=O)C3(CCC3)c3cc(/C(=C/C=N)Nc4ccccc4)cc(OC4CCN(CC(F)(F)F)CC4)c32)cc1. The molecule has 7 nitrogen and oxygen atoms in total. The molecule has 1 saturated heterocycles. The van der Waals surface area contributed by atoms with E-state index in [1.165, 1.54) is 11.1 Å². The van der Waals surface area contributed by atoms with Crippen LogP contribution >= 0.6 is 0 Å². The summed E-state index contributed by atoms with van der Waals surface area (Å²) < 4.78 is 51.1. The smallest absolute Gasteiger partial charge is 0.401 e. The van der Waals surface area contributed by atoms with Crippen LogP contribution in [0, 0.1) is 5.41 Å². The lowest BCUT2D eigenvalue weighted by Gasteiger charge is -2.37. The fraction of sp³-hybridized carbons (Fsp3) is 0.371. The molecule has 236 valence electrons. The number of rotatable bonds is 10. The number of nitrogens with one attached hydrogen (secondary N) is 2. The zero-order chi connectivity index (χ0) is 31.6. The Balaban J connectivity index is 1.39. The van der Waals surface area contributed by atoms with Crippen LogP contribution in [0.5, 0.6) is 11.5 Å². The number of halogens is 3. The third kappa shape index (κ3) is 6.42. The number of methoxy groups -OCH3 is 1. The van der Waals surface area contributed by atoms with Crippen molar-refractivity contribution in [3.05, 3.63) is 89.5 Å². The normalized spacial score (nSPS) is 18.4. The number of para-hydroxylation sites is 1. The third-order valence-corrected chi connectivity index (χ3v) is 9.07. The molecule has 3 aliphatic rings. The highest BCUT2D eigenvalue weighted by Crippen LogP contribution is 2.57. The molecule has 0 aromatic heterocycles. The van der Waals surface area contributed by atoms with E-state index in [2.05, 4.69) is 5.32 Å². The summed E-state index contributed by atoms with van der Waals surface area (Å²) >= 11 is 0. The molecule has 6 rings (SSSR count). The number of hydrogen-bond donors (Lipinski definition) is 2. The Labute approximate surface area is 261 Å². The quantitative estimate of drug-likeness (QED) is 0.236. The fourth-order valence-corrected chi connectivity index (χ4v) is 6.64. The summed E-state index contributed by atoms with van der Waals surface area (Å²) in [4.78, 5) is 17.5. The summed E-state index contributed by atoms with van der Waals surface area (Å²) in [5, 5.41) is 11.3. The lowest BCUT2D eigenvalue weighted by atomic mass is 9.65. The molecular weight excluding hydrogens is 581 g/mol. The molecule has 10 heteroatoms. The predicted molar refractivity (Wildman–Crippen MR) is 169 cm³/mol. The molecule has 2 heterocycles. The minimum Gasteiger partial charge on any atom is -0.497 e. The van der Waals surface area contributed by atoms with Crippen molar-refractivity contribution in [3.8, 4) is 11.5 Å². The topological polar surface area (TPSA) is 77.9 Å². The van der Waals surface area contributed by atoms with Crippen LogP contribution in [0.25, 0.3) is 5.70 Å². The molecule has 2 aliphatic heterocycles. The van der Waals surface area contributed by atoms with Crippen molar-refractivity contribution in [1.29, 1.82) is 5.41 Å². The summed E-state index contributed by atoms with van der Waals surface area (Å²) in [6, 6.07) is 21.2. The van der Waals surface area contributed by atoms with E-state index in [0.29, 0.717) is 30.8 Å². The lowest BCUT2D eigenvalue weighted by Crippen LogP contribution is -2.45. The first-order valence-electron chi connectivity index (χ1n) is 15.3. The van der Waals surface area contributed by atoms with Gasteiger partial charge < -0.3 is 25.1 Å². The van der Waals surface area contributed by atoms with Gasteiger partial charge in [-0.15, -0.1) is 0 Å². The first kappa shape index (κ1) is 30.7. The largest absolute Gasteiger partial charge is 0.497 e. The van der Waals surface area contributed by atoms with E-state index in [1.807, 2.05) is 71.6 Å². The number of hydrogen-bond acceptors (Lipinski definition) is 6. The van der Waals surface area contributed by atoms with Crippen LogP contribution in [0.4, 0.5) is 24.5 Å². The number of amides is 1. The van der Waals surface area contributed by atoms with Gasteiger partial charge in [0.15, 0.2) is 0 Å². The number of benzene rings is 3. The summed E-state index contributed by atoms with van der Waals surface area (Å²) in [6.07, 6.45) is 1.62. The van der Waals surface area contributed by atoms with Crippen molar-refractivity contribution in [3.63, 3.8) is 0 Å². The van der Waals surface area contributed by atoms with E-state index in [0.717, 1.165) is 53.1 Å². The number of nitrogens with zero attached hydrogens (tertiary/aromatic N) is 2. The highest BCUT2D eigenvalue weighted by molar-refractivity contribution is 6.10. The van der Waals surface area contributed by atoms with Gasteiger partial charge in [-0.05, 0) is 79.3 Å². The highest BCUT2D eigenvalue weighted by atomic mass is 19.4. The molecule has 0 bridgehead atoms. The number of carbonyl (C=O) groups is 1. The predicted octanol–water partition coefficient (Wildman–Crippen LogP) is 7.17.